The van der Waals surface area contributed by atoms with E-state index < -0.39 is 5.91 Å². The van der Waals surface area contributed by atoms with E-state index in [1.54, 1.807) is 24.3 Å². The van der Waals surface area contributed by atoms with E-state index in [4.69, 9.17) is 35.4 Å². The fraction of sp³-hybridized carbons (Fsp3) is 0.0625. The van der Waals surface area contributed by atoms with Gasteiger partial charge in [0.25, 0.3) is 5.91 Å². The molecule has 2 rings (SSSR count). The van der Waals surface area contributed by atoms with Crippen LogP contribution in [-0.2, 0) is 0 Å². The lowest BCUT2D eigenvalue weighted by Crippen LogP contribution is -2.34. The van der Waals surface area contributed by atoms with Crippen LogP contribution >= 0.6 is 35.4 Å². The van der Waals surface area contributed by atoms with Crippen molar-refractivity contribution in [1.29, 1.82) is 0 Å². The summed E-state index contributed by atoms with van der Waals surface area (Å²) in [7, 11) is 0. The van der Waals surface area contributed by atoms with Crippen LogP contribution in [-0.4, -0.2) is 16.8 Å². The maximum absolute atomic E-state index is 12.1. The number of amides is 1. The smallest absolute Gasteiger partial charge is 0.257 e. The highest BCUT2D eigenvalue weighted by atomic mass is 35.5. The van der Waals surface area contributed by atoms with Gasteiger partial charge in [-0.05, 0) is 49.5 Å². The summed E-state index contributed by atoms with van der Waals surface area (Å²) in [5, 5.41) is 6.19. The molecule has 0 unspecified atom stereocenters. The fourth-order valence-corrected chi connectivity index (χ4v) is 2.58. The number of hydrogen-bond acceptors (Lipinski definition) is 3. The van der Waals surface area contributed by atoms with Gasteiger partial charge in [0.1, 0.15) is 0 Å². The van der Waals surface area contributed by atoms with E-state index in [1.165, 1.54) is 25.1 Å². The minimum absolute atomic E-state index is 0.0582. The summed E-state index contributed by atoms with van der Waals surface area (Å²) >= 11 is 16.8. The maximum atomic E-state index is 12.1. The fourth-order valence-electron chi connectivity index (χ4n) is 1.84. The Bertz CT molecular complexity index is 773. The van der Waals surface area contributed by atoms with Crippen molar-refractivity contribution >= 4 is 57.9 Å². The minimum atomic E-state index is -0.436. The lowest BCUT2D eigenvalue weighted by atomic mass is 10.1. The van der Waals surface area contributed by atoms with Gasteiger partial charge in [-0.3, -0.25) is 14.9 Å². The third-order valence-corrected chi connectivity index (χ3v) is 3.52. The SMILES string of the molecule is CC(=O)c1cccc(NC(=S)NC(=O)c2cc(Cl)cc(Cl)c2)c1. The number of benzene rings is 2. The summed E-state index contributed by atoms with van der Waals surface area (Å²) < 4.78 is 0. The summed E-state index contributed by atoms with van der Waals surface area (Å²) in [6.45, 7) is 1.47. The van der Waals surface area contributed by atoms with Crippen molar-refractivity contribution in [3.8, 4) is 0 Å². The highest BCUT2D eigenvalue weighted by Gasteiger charge is 2.10. The van der Waals surface area contributed by atoms with Gasteiger partial charge in [0.05, 0.1) is 0 Å². The Morgan fingerprint density at radius 3 is 2.26 bits per heavy atom. The van der Waals surface area contributed by atoms with E-state index in [2.05, 4.69) is 10.6 Å². The van der Waals surface area contributed by atoms with Gasteiger partial charge in [0.15, 0.2) is 10.9 Å². The van der Waals surface area contributed by atoms with Crippen molar-refractivity contribution in [2.45, 2.75) is 6.92 Å². The largest absolute Gasteiger partial charge is 0.332 e. The zero-order valence-corrected chi connectivity index (χ0v) is 14.4. The third-order valence-electron chi connectivity index (χ3n) is 2.88. The van der Waals surface area contributed by atoms with Crippen LogP contribution in [0.1, 0.15) is 27.6 Å². The first-order valence-corrected chi connectivity index (χ1v) is 7.71. The normalized spacial score (nSPS) is 10.0. The molecular formula is C16H12Cl2N2O2S. The molecule has 0 heterocycles. The summed E-state index contributed by atoms with van der Waals surface area (Å²) in [5.74, 6) is -0.494. The minimum Gasteiger partial charge on any atom is -0.332 e. The van der Waals surface area contributed by atoms with E-state index in [1.807, 2.05) is 0 Å². The van der Waals surface area contributed by atoms with Crippen molar-refractivity contribution in [1.82, 2.24) is 5.32 Å². The molecule has 4 nitrogen and oxygen atoms in total. The highest BCUT2D eigenvalue weighted by molar-refractivity contribution is 7.80. The van der Waals surface area contributed by atoms with Gasteiger partial charge in [-0.15, -0.1) is 0 Å². The quantitative estimate of drug-likeness (QED) is 0.627. The second-order valence-corrected chi connectivity index (χ2v) is 5.98. The molecule has 0 aliphatic carbocycles. The second kappa shape index (κ2) is 7.55. The number of halogens is 2. The van der Waals surface area contributed by atoms with Crippen LogP contribution in [0.3, 0.4) is 0 Å². The van der Waals surface area contributed by atoms with E-state index >= 15 is 0 Å². The standard InChI is InChI=1S/C16H12Cl2N2O2S/c1-9(21)10-3-2-4-14(7-10)19-16(23)20-15(22)11-5-12(17)8-13(18)6-11/h2-8H,1H3,(H2,19,20,22,23). The highest BCUT2D eigenvalue weighted by Crippen LogP contribution is 2.19. The molecule has 0 radical (unpaired) electrons. The first-order valence-electron chi connectivity index (χ1n) is 6.54. The van der Waals surface area contributed by atoms with E-state index in [9.17, 15) is 9.59 Å². The summed E-state index contributed by atoms with van der Waals surface area (Å²) in [6, 6.07) is 11.3. The predicted octanol–water partition coefficient (Wildman–Crippen LogP) is 4.32. The molecule has 0 aliphatic rings. The molecule has 0 bridgehead atoms. The summed E-state index contributed by atoms with van der Waals surface area (Å²) in [4.78, 5) is 23.5. The van der Waals surface area contributed by atoms with Gasteiger partial charge in [-0.25, -0.2) is 0 Å². The average Bonchev–Trinajstić information content (AvgIpc) is 2.46. The monoisotopic (exact) mass is 366 g/mol. The number of nitrogens with one attached hydrogen (secondary N) is 2. The Kier molecular flexibility index (Phi) is 5.71. The molecule has 0 spiro atoms. The number of carbonyl (C=O) groups excluding carboxylic acids is 2. The predicted molar refractivity (Wildman–Crippen MR) is 96.6 cm³/mol. The summed E-state index contributed by atoms with van der Waals surface area (Å²) in [5.41, 5.74) is 1.45. The molecule has 2 aromatic carbocycles. The third kappa shape index (κ3) is 5.03. The number of thiocarbonyl (C=S) groups is 1. The number of rotatable bonds is 3. The number of Topliss-reactive ketones (excluding diaryl/α,β-unsaturated/α-hetero) is 1. The maximum Gasteiger partial charge on any atom is 0.257 e. The molecule has 2 aromatic rings. The molecule has 0 aliphatic heterocycles. The van der Waals surface area contributed by atoms with Crippen LogP contribution in [0.4, 0.5) is 5.69 Å². The van der Waals surface area contributed by atoms with Crippen LogP contribution in [0.5, 0.6) is 0 Å². The molecule has 0 fully saturated rings. The zero-order valence-electron chi connectivity index (χ0n) is 12.0. The number of hydrogen-bond donors (Lipinski definition) is 2. The van der Waals surface area contributed by atoms with Gasteiger partial charge < -0.3 is 5.32 Å². The van der Waals surface area contributed by atoms with Crippen LogP contribution in [0.25, 0.3) is 0 Å². The van der Waals surface area contributed by atoms with Gasteiger partial charge in [0.2, 0.25) is 0 Å². The Balaban J connectivity index is 2.05. The molecule has 0 saturated heterocycles. The van der Waals surface area contributed by atoms with Gasteiger partial charge >= 0.3 is 0 Å². The lowest BCUT2D eigenvalue weighted by molar-refractivity contribution is 0.0975. The molecule has 23 heavy (non-hydrogen) atoms. The van der Waals surface area contributed by atoms with Crippen molar-refractivity contribution in [2.75, 3.05) is 5.32 Å². The molecule has 118 valence electrons. The molecule has 0 aromatic heterocycles. The molecule has 0 atom stereocenters. The molecule has 1 amide bonds. The first kappa shape index (κ1) is 17.4. The molecule has 7 heteroatoms. The van der Waals surface area contributed by atoms with Crippen molar-refractivity contribution in [3.63, 3.8) is 0 Å². The number of carbonyl (C=O) groups is 2. The molecular weight excluding hydrogens is 355 g/mol. The Hall–Kier alpha value is -1.95. The van der Waals surface area contributed by atoms with Crippen LogP contribution in [0.2, 0.25) is 10.0 Å². The van der Waals surface area contributed by atoms with Gasteiger partial charge in [0, 0.05) is 26.9 Å². The van der Waals surface area contributed by atoms with Crippen molar-refractivity contribution in [2.24, 2.45) is 0 Å². The topological polar surface area (TPSA) is 58.2 Å². The Morgan fingerprint density at radius 2 is 1.65 bits per heavy atom. The van der Waals surface area contributed by atoms with E-state index in [0.717, 1.165) is 0 Å². The van der Waals surface area contributed by atoms with Crippen LogP contribution < -0.4 is 10.6 Å². The van der Waals surface area contributed by atoms with E-state index in [0.29, 0.717) is 26.9 Å². The van der Waals surface area contributed by atoms with Crippen LogP contribution in [0.15, 0.2) is 42.5 Å². The van der Waals surface area contributed by atoms with Gasteiger partial charge in [-0.1, -0.05) is 35.3 Å². The van der Waals surface area contributed by atoms with Crippen molar-refractivity contribution < 1.29 is 9.59 Å². The average molecular weight is 367 g/mol. The van der Waals surface area contributed by atoms with Crippen LogP contribution in [0, 0.1) is 0 Å². The second-order valence-electron chi connectivity index (χ2n) is 4.70. The van der Waals surface area contributed by atoms with Gasteiger partial charge in [-0.2, -0.15) is 0 Å². The molecule has 2 N–H and O–H groups in total. The van der Waals surface area contributed by atoms with E-state index in [-0.39, 0.29) is 10.9 Å². The summed E-state index contributed by atoms with van der Waals surface area (Å²) in [6.07, 6.45) is 0. The first-order chi connectivity index (χ1) is 10.8. The zero-order chi connectivity index (χ0) is 17.0. The Morgan fingerprint density at radius 1 is 1.00 bits per heavy atom. The van der Waals surface area contributed by atoms with Crippen molar-refractivity contribution in [3.05, 3.63) is 63.6 Å². The Labute approximate surface area is 148 Å². The molecule has 0 saturated carbocycles. The lowest BCUT2D eigenvalue weighted by Gasteiger charge is -2.10. The number of ketones is 1. The number of anilines is 1.